The molecule has 2 aromatic rings. The summed E-state index contributed by atoms with van der Waals surface area (Å²) in [5.41, 5.74) is 3.26. The van der Waals surface area contributed by atoms with Crippen LogP contribution in [0.2, 0.25) is 0 Å². The molecule has 0 amide bonds. The number of nitrogens with zero attached hydrogens (tertiary/aromatic N) is 2. The number of aryl methyl sites for hydroxylation is 1. The molecule has 1 saturated carbocycles. The van der Waals surface area contributed by atoms with Gasteiger partial charge in [0, 0.05) is 11.1 Å². The van der Waals surface area contributed by atoms with Gasteiger partial charge in [0.25, 0.3) is 0 Å². The summed E-state index contributed by atoms with van der Waals surface area (Å²) in [6, 6.07) is 4.15. The molecule has 0 bridgehead atoms. The molecule has 102 valence electrons. The SMILES string of the molecule is Cc1ccc2[nH]c(C3(CC(C)C)CCCC3)nc2n1. The van der Waals surface area contributed by atoms with Gasteiger partial charge in [-0.2, -0.15) is 0 Å². The Morgan fingerprint density at radius 2 is 1.95 bits per heavy atom. The summed E-state index contributed by atoms with van der Waals surface area (Å²) in [6.45, 7) is 6.64. The van der Waals surface area contributed by atoms with Gasteiger partial charge in [0.2, 0.25) is 0 Å². The minimum atomic E-state index is 0.267. The van der Waals surface area contributed by atoms with Gasteiger partial charge in [-0.05, 0) is 44.2 Å². The lowest BCUT2D eigenvalue weighted by Crippen LogP contribution is -2.25. The molecule has 1 aliphatic rings. The van der Waals surface area contributed by atoms with Crippen LogP contribution in [-0.4, -0.2) is 15.0 Å². The summed E-state index contributed by atoms with van der Waals surface area (Å²) in [7, 11) is 0. The van der Waals surface area contributed by atoms with E-state index in [2.05, 4.69) is 29.9 Å². The van der Waals surface area contributed by atoms with Gasteiger partial charge < -0.3 is 4.98 Å². The van der Waals surface area contributed by atoms with Crippen LogP contribution in [0.5, 0.6) is 0 Å². The monoisotopic (exact) mass is 257 g/mol. The highest BCUT2D eigenvalue weighted by atomic mass is 15.0. The zero-order valence-corrected chi connectivity index (χ0v) is 12.2. The van der Waals surface area contributed by atoms with Crippen molar-refractivity contribution >= 4 is 11.2 Å². The van der Waals surface area contributed by atoms with Gasteiger partial charge >= 0.3 is 0 Å². The molecular formula is C16H23N3. The fourth-order valence-corrected chi connectivity index (χ4v) is 3.61. The van der Waals surface area contributed by atoms with Gasteiger partial charge in [-0.25, -0.2) is 9.97 Å². The number of pyridine rings is 1. The molecule has 0 aromatic carbocycles. The van der Waals surface area contributed by atoms with Crippen LogP contribution in [0, 0.1) is 12.8 Å². The van der Waals surface area contributed by atoms with E-state index in [1.165, 1.54) is 37.9 Å². The Kier molecular flexibility index (Phi) is 3.08. The van der Waals surface area contributed by atoms with Crippen LogP contribution >= 0.6 is 0 Å². The van der Waals surface area contributed by atoms with Crippen LogP contribution in [-0.2, 0) is 5.41 Å². The fourth-order valence-electron chi connectivity index (χ4n) is 3.61. The first-order valence-electron chi connectivity index (χ1n) is 7.43. The zero-order chi connectivity index (χ0) is 13.5. The largest absolute Gasteiger partial charge is 0.340 e. The second-order valence-corrected chi connectivity index (χ2v) is 6.49. The number of aromatic nitrogens is 3. The molecule has 0 radical (unpaired) electrons. The van der Waals surface area contributed by atoms with Gasteiger partial charge in [-0.15, -0.1) is 0 Å². The zero-order valence-electron chi connectivity index (χ0n) is 12.2. The van der Waals surface area contributed by atoms with Crippen molar-refractivity contribution in [3.8, 4) is 0 Å². The van der Waals surface area contributed by atoms with Crippen molar-refractivity contribution in [2.24, 2.45) is 5.92 Å². The highest BCUT2D eigenvalue weighted by Crippen LogP contribution is 2.44. The molecule has 1 N–H and O–H groups in total. The van der Waals surface area contributed by atoms with Crippen molar-refractivity contribution in [2.75, 3.05) is 0 Å². The molecule has 1 fully saturated rings. The summed E-state index contributed by atoms with van der Waals surface area (Å²) in [5.74, 6) is 1.88. The van der Waals surface area contributed by atoms with E-state index < -0.39 is 0 Å². The quantitative estimate of drug-likeness (QED) is 0.898. The smallest absolute Gasteiger partial charge is 0.177 e. The third-order valence-corrected chi connectivity index (χ3v) is 4.35. The molecule has 0 unspecified atom stereocenters. The molecule has 2 aromatic heterocycles. The normalized spacial score (nSPS) is 18.5. The first-order chi connectivity index (χ1) is 9.09. The Balaban J connectivity index is 2.05. The Labute approximate surface area is 114 Å². The molecule has 3 heteroatoms. The van der Waals surface area contributed by atoms with Crippen LogP contribution in [0.15, 0.2) is 12.1 Å². The average Bonchev–Trinajstić information content (AvgIpc) is 2.94. The van der Waals surface area contributed by atoms with Crippen molar-refractivity contribution in [1.82, 2.24) is 15.0 Å². The van der Waals surface area contributed by atoms with Gasteiger partial charge in [-0.3, -0.25) is 0 Å². The Morgan fingerprint density at radius 3 is 2.63 bits per heavy atom. The van der Waals surface area contributed by atoms with Crippen LogP contribution in [0.25, 0.3) is 11.2 Å². The van der Waals surface area contributed by atoms with Crippen molar-refractivity contribution in [3.05, 3.63) is 23.7 Å². The molecule has 0 spiro atoms. The van der Waals surface area contributed by atoms with E-state index in [-0.39, 0.29) is 5.41 Å². The molecular weight excluding hydrogens is 234 g/mol. The number of hydrogen-bond donors (Lipinski definition) is 1. The van der Waals surface area contributed by atoms with Gasteiger partial charge in [-0.1, -0.05) is 26.7 Å². The molecule has 0 aliphatic heterocycles. The molecule has 1 aliphatic carbocycles. The van der Waals surface area contributed by atoms with E-state index in [1.54, 1.807) is 0 Å². The lowest BCUT2D eigenvalue weighted by molar-refractivity contribution is 0.331. The van der Waals surface area contributed by atoms with E-state index in [1.807, 2.05) is 13.0 Å². The second kappa shape index (κ2) is 4.62. The van der Waals surface area contributed by atoms with Crippen molar-refractivity contribution in [3.63, 3.8) is 0 Å². The summed E-state index contributed by atoms with van der Waals surface area (Å²) in [5, 5.41) is 0. The van der Waals surface area contributed by atoms with Crippen molar-refractivity contribution in [2.45, 2.75) is 58.3 Å². The maximum Gasteiger partial charge on any atom is 0.177 e. The number of rotatable bonds is 3. The average molecular weight is 257 g/mol. The number of H-pyrrole nitrogens is 1. The standard InChI is InChI=1S/C16H23N3/c1-11(2)10-16(8-4-5-9-16)15-18-13-7-6-12(3)17-14(13)19-15/h6-7,11H,4-5,8-10H2,1-3H3,(H,17,18,19). The number of imidazole rings is 1. The summed E-state index contributed by atoms with van der Waals surface area (Å²) in [6.07, 6.45) is 6.42. The van der Waals surface area contributed by atoms with E-state index in [9.17, 15) is 0 Å². The van der Waals surface area contributed by atoms with Gasteiger partial charge in [0.1, 0.15) is 5.82 Å². The highest BCUT2D eigenvalue weighted by Gasteiger charge is 2.38. The Bertz CT molecular complexity index is 577. The van der Waals surface area contributed by atoms with Crippen molar-refractivity contribution in [1.29, 1.82) is 0 Å². The molecule has 0 saturated heterocycles. The fraction of sp³-hybridized carbons (Fsp3) is 0.625. The number of hydrogen-bond acceptors (Lipinski definition) is 2. The minimum Gasteiger partial charge on any atom is -0.340 e. The lowest BCUT2D eigenvalue weighted by atomic mass is 9.78. The van der Waals surface area contributed by atoms with Crippen molar-refractivity contribution < 1.29 is 0 Å². The number of fused-ring (bicyclic) bond motifs is 1. The molecule has 0 atom stereocenters. The summed E-state index contributed by atoms with van der Waals surface area (Å²) >= 11 is 0. The number of aromatic amines is 1. The first kappa shape index (κ1) is 12.6. The molecule has 3 rings (SSSR count). The van der Waals surface area contributed by atoms with Crippen LogP contribution < -0.4 is 0 Å². The van der Waals surface area contributed by atoms with E-state index in [0.717, 1.165) is 16.9 Å². The van der Waals surface area contributed by atoms with Gasteiger partial charge in [0.05, 0.1) is 5.52 Å². The summed E-state index contributed by atoms with van der Waals surface area (Å²) < 4.78 is 0. The minimum absolute atomic E-state index is 0.267. The predicted molar refractivity (Wildman–Crippen MR) is 78.2 cm³/mol. The Hall–Kier alpha value is -1.38. The van der Waals surface area contributed by atoms with Crippen LogP contribution in [0.3, 0.4) is 0 Å². The molecule has 19 heavy (non-hydrogen) atoms. The third kappa shape index (κ3) is 2.26. The summed E-state index contributed by atoms with van der Waals surface area (Å²) in [4.78, 5) is 12.9. The maximum absolute atomic E-state index is 4.81. The topological polar surface area (TPSA) is 41.6 Å². The Morgan fingerprint density at radius 1 is 1.21 bits per heavy atom. The van der Waals surface area contributed by atoms with Gasteiger partial charge in [0.15, 0.2) is 5.65 Å². The maximum atomic E-state index is 4.81. The van der Waals surface area contributed by atoms with Crippen LogP contribution in [0.4, 0.5) is 0 Å². The lowest BCUT2D eigenvalue weighted by Gasteiger charge is -2.28. The molecule has 2 heterocycles. The first-order valence-corrected chi connectivity index (χ1v) is 7.43. The van der Waals surface area contributed by atoms with E-state index in [0.29, 0.717) is 5.92 Å². The highest BCUT2D eigenvalue weighted by molar-refractivity contribution is 5.70. The van der Waals surface area contributed by atoms with Crippen LogP contribution in [0.1, 0.15) is 57.5 Å². The second-order valence-electron chi connectivity index (χ2n) is 6.49. The van der Waals surface area contributed by atoms with E-state index >= 15 is 0 Å². The predicted octanol–water partition coefficient (Wildman–Crippen LogP) is 4.12. The third-order valence-electron chi connectivity index (χ3n) is 4.35. The van der Waals surface area contributed by atoms with E-state index in [4.69, 9.17) is 4.98 Å². The molecule has 3 nitrogen and oxygen atoms in total. The number of nitrogens with one attached hydrogen (secondary N) is 1.